The molecule has 2 rings (SSSR count). The van der Waals surface area contributed by atoms with Crippen LogP contribution in [0.4, 0.5) is 0 Å². The smallest absolute Gasteiger partial charge is 0.223 e. The maximum absolute atomic E-state index is 12.3. The van der Waals surface area contributed by atoms with Gasteiger partial charge in [0.2, 0.25) is 11.8 Å². The standard InChI is InChI=1S/C19H28N2O2/c1-3-5-18(22)20-12-14-21(15-13-20)19(23)11-10-17-8-6-16(4-2)7-9-17/h6-9H,3-5,10-15H2,1-2H3. The third kappa shape index (κ3) is 5.08. The highest BCUT2D eigenvalue weighted by Crippen LogP contribution is 2.11. The highest BCUT2D eigenvalue weighted by molar-refractivity contribution is 5.78. The number of amides is 2. The van der Waals surface area contributed by atoms with Gasteiger partial charge in [0, 0.05) is 39.0 Å². The van der Waals surface area contributed by atoms with Crippen LogP contribution in [0, 0.1) is 0 Å². The number of rotatable bonds is 6. The molecule has 1 aromatic carbocycles. The van der Waals surface area contributed by atoms with Crippen LogP contribution in [0.1, 0.15) is 44.2 Å². The van der Waals surface area contributed by atoms with Gasteiger partial charge < -0.3 is 9.80 Å². The summed E-state index contributed by atoms with van der Waals surface area (Å²) in [5, 5.41) is 0. The van der Waals surface area contributed by atoms with Gasteiger partial charge in [0.05, 0.1) is 0 Å². The fourth-order valence-electron chi connectivity index (χ4n) is 2.93. The third-order valence-electron chi connectivity index (χ3n) is 4.51. The number of carbonyl (C=O) groups is 2. The number of hydrogen-bond acceptors (Lipinski definition) is 2. The molecule has 0 spiro atoms. The first kappa shape index (κ1) is 17.5. The van der Waals surface area contributed by atoms with Crippen LogP contribution in [0.25, 0.3) is 0 Å². The fourth-order valence-corrected chi connectivity index (χ4v) is 2.93. The molecule has 4 heteroatoms. The molecule has 1 aliphatic heterocycles. The van der Waals surface area contributed by atoms with Crippen molar-refractivity contribution in [2.24, 2.45) is 0 Å². The third-order valence-corrected chi connectivity index (χ3v) is 4.51. The molecule has 1 fully saturated rings. The van der Waals surface area contributed by atoms with Crippen molar-refractivity contribution in [1.29, 1.82) is 0 Å². The van der Waals surface area contributed by atoms with Crippen molar-refractivity contribution >= 4 is 11.8 Å². The summed E-state index contributed by atoms with van der Waals surface area (Å²) in [7, 11) is 0. The van der Waals surface area contributed by atoms with E-state index in [1.807, 2.05) is 16.7 Å². The van der Waals surface area contributed by atoms with Gasteiger partial charge >= 0.3 is 0 Å². The number of piperazine rings is 1. The number of nitrogens with zero attached hydrogens (tertiary/aromatic N) is 2. The average Bonchev–Trinajstić information content (AvgIpc) is 2.60. The lowest BCUT2D eigenvalue weighted by molar-refractivity contribution is -0.139. The predicted molar refractivity (Wildman–Crippen MR) is 92.2 cm³/mol. The van der Waals surface area contributed by atoms with Crippen molar-refractivity contribution in [3.05, 3.63) is 35.4 Å². The molecule has 126 valence electrons. The summed E-state index contributed by atoms with van der Waals surface area (Å²) in [4.78, 5) is 28.0. The van der Waals surface area contributed by atoms with Gasteiger partial charge in [-0.2, -0.15) is 0 Å². The molecule has 1 saturated heterocycles. The molecule has 0 radical (unpaired) electrons. The van der Waals surface area contributed by atoms with Crippen molar-refractivity contribution in [1.82, 2.24) is 9.80 Å². The van der Waals surface area contributed by atoms with Crippen LogP contribution in [0.2, 0.25) is 0 Å². The Bertz CT molecular complexity index is 517. The van der Waals surface area contributed by atoms with Gasteiger partial charge in [-0.15, -0.1) is 0 Å². The second kappa shape index (κ2) is 8.70. The molecule has 0 bridgehead atoms. The molecule has 0 atom stereocenters. The Morgan fingerprint density at radius 1 is 0.826 bits per heavy atom. The highest BCUT2D eigenvalue weighted by atomic mass is 16.2. The summed E-state index contributed by atoms with van der Waals surface area (Å²) in [5.74, 6) is 0.419. The fraction of sp³-hybridized carbons (Fsp3) is 0.579. The molecular formula is C19H28N2O2. The van der Waals surface area contributed by atoms with E-state index in [-0.39, 0.29) is 11.8 Å². The summed E-state index contributed by atoms with van der Waals surface area (Å²) in [6.07, 6.45) is 3.88. The minimum Gasteiger partial charge on any atom is -0.339 e. The highest BCUT2D eigenvalue weighted by Gasteiger charge is 2.23. The maximum atomic E-state index is 12.3. The molecule has 1 heterocycles. The zero-order chi connectivity index (χ0) is 16.7. The summed E-state index contributed by atoms with van der Waals surface area (Å²) in [6.45, 7) is 6.85. The molecule has 23 heavy (non-hydrogen) atoms. The summed E-state index contributed by atoms with van der Waals surface area (Å²) >= 11 is 0. The van der Waals surface area contributed by atoms with Gasteiger partial charge in [0.1, 0.15) is 0 Å². The quantitative estimate of drug-likeness (QED) is 0.809. The average molecular weight is 316 g/mol. The monoisotopic (exact) mass is 316 g/mol. The Labute approximate surface area is 139 Å². The predicted octanol–water partition coefficient (Wildman–Crippen LogP) is 2.65. The normalized spacial score (nSPS) is 14.9. The van der Waals surface area contributed by atoms with E-state index in [0.29, 0.717) is 39.0 Å². The minimum atomic E-state index is 0.201. The van der Waals surface area contributed by atoms with Crippen LogP contribution in [0.3, 0.4) is 0 Å². The van der Waals surface area contributed by atoms with Crippen LogP contribution in [-0.2, 0) is 22.4 Å². The largest absolute Gasteiger partial charge is 0.339 e. The van der Waals surface area contributed by atoms with Crippen LogP contribution in [-0.4, -0.2) is 47.8 Å². The molecule has 0 aromatic heterocycles. The van der Waals surface area contributed by atoms with Crippen molar-refractivity contribution in [3.8, 4) is 0 Å². The summed E-state index contributed by atoms with van der Waals surface area (Å²) in [5.41, 5.74) is 2.54. The van der Waals surface area contributed by atoms with Gasteiger partial charge in [0.15, 0.2) is 0 Å². The summed E-state index contributed by atoms with van der Waals surface area (Å²) in [6, 6.07) is 8.51. The van der Waals surface area contributed by atoms with Crippen LogP contribution in [0.5, 0.6) is 0 Å². The molecule has 1 aromatic rings. The van der Waals surface area contributed by atoms with Gasteiger partial charge in [-0.25, -0.2) is 0 Å². The lowest BCUT2D eigenvalue weighted by atomic mass is 10.1. The zero-order valence-corrected chi connectivity index (χ0v) is 14.4. The topological polar surface area (TPSA) is 40.6 Å². The first-order valence-electron chi connectivity index (χ1n) is 8.77. The molecule has 0 saturated carbocycles. The maximum Gasteiger partial charge on any atom is 0.223 e. The van der Waals surface area contributed by atoms with Crippen LogP contribution >= 0.6 is 0 Å². The molecule has 0 unspecified atom stereocenters. The Hall–Kier alpha value is -1.84. The van der Waals surface area contributed by atoms with E-state index in [2.05, 4.69) is 31.2 Å². The second-order valence-electron chi connectivity index (χ2n) is 6.18. The van der Waals surface area contributed by atoms with E-state index in [1.54, 1.807) is 0 Å². The molecule has 4 nitrogen and oxygen atoms in total. The molecule has 1 aliphatic rings. The SMILES string of the molecule is CCCC(=O)N1CCN(C(=O)CCc2ccc(CC)cc2)CC1. The van der Waals surface area contributed by atoms with E-state index in [1.165, 1.54) is 11.1 Å². The van der Waals surface area contributed by atoms with E-state index >= 15 is 0 Å². The molecule has 0 aliphatic carbocycles. The Morgan fingerprint density at radius 3 is 1.78 bits per heavy atom. The van der Waals surface area contributed by atoms with E-state index in [4.69, 9.17) is 0 Å². The van der Waals surface area contributed by atoms with Crippen molar-refractivity contribution < 1.29 is 9.59 Å². The Balaban J connectivity index is 1.75. The second-order valence-corrected chi connectivity index (χ2v) is 6.18. The van der Waals surface area contributed by atoms with Crippen molar-refractivity contribution in [2.45, 2.75) is 46.0 Å². The Morgan fingerprint density at radius 2 is 1.30 bits per heavy atom. The van der Waals surface area contributed by atoms with Crippen molar-refractivity contribution in [3.63, 3.8) is 0 Å². The lowest BCUT2D eigenvalue weighted by Gasteiger charge is -2.35. The van der Waals surface area contributed by atoms with Gasteiger partial charge in [-0.3, -0.25) is 9.59 Å². The molecule has 2 amide bonds. The van der Waals surface area contributed by atoms with Crippen LogP contribution < -0.4 is 0 Å². The first-order valence-corrected chi connectivity index (χ1v) is 8.77. The number of carbonyl (C=O) groups excluding carboxylic acids is 2. The van der Waals surface area contributed by atoms with E-state index < -0.39 is 0 Å². The number of benzene rings is 1. The summed E-state index contributed by atoms with van der Waals surface area (Å²) < 4.78 is 0. The van der Waals surface area contributed by atoms with E-state index in [9.17, 15) is 9.59 Å². The lowest BCUT2D eigenvalue weighted by Crippen LogP contribution is -2.50. The van der Waals surface area contributed by atoms with Crippen LogP contribution in [0.15, 0.2) is 24.3 Å². The molecular weight excluding hydrogens is 288 g/mol. The molecule has 0 N–H and O–H groups in total. The van der Waals surface area contributed by atoms with Crippen molar-refractivity contribution in [2.75, 3.05) is 26.2 Å². The Kier molecular flexibility index (Phi) is 6.63. The van der Waals surface area contributed by atoms with E-state index in [0.717, 1.165) is 19.3 Å². The first-order chi connectivity index (χ1) is 11.1. The zero-order valence-electron chi connectivity index (χ0n) is 14.4. The van der Waals surface area contributed by atoms with Gasteiger partial charge in [0.25, 0.3) is 0 Å². The minimum absolute atomic E-state index is 0.201. The van der Waals surface area contributed by atoms with Gasteiger partial charge in [-0.1, -0.05) is 38.1 Å². The van der Waals surface area contributed by atoms with Gasteiger partial charge in [-0.05, 0) is 30.4 Å². The number of aryl methyl sites for hydroxylation is 2. The number of hydrogen-bond donors (Lipinski definition) is 0.